The first-order valence-electron chi connectivity index (χ1n) is 5.63. The molecular weight excluding hydrogens is 280 g/mol. The zero-order chi connectivity index (χ0) is 12.4. The van der Waals surface area contributed by atoms with Gasteiger partial charge in [0.15, 0.2) is 0 Å². The second-order valence-electron chi connectivity index (χ2n) is 4.35. The Balaban J connectivity index is 2.06. The maximum atomic E-state index is 6.06. The van der Waals surface area contributed by atoms with Crippen LogP contribution in [0.2, 0.25) is 15.1 Å². The molecule has 5 heteroatoms. The van der Waals surface area contributed by atoms with Crippen molar-refractivity contribution in [3.05, 3.63) is 27.2 Å². The van der Waals surface area contributed by atoms with Crippen molar-refractivity contribution in [2.75, 3.05) is 0 Å². The fraction of sp³-hybridized carbons (Fsp3) is 0.500. The molecule has 1 aliphatic rings. The van der Waals surface area contributed by atoms with E-state index in [1.54, 1.807) is 12.1 Å². The highest BCUT2D eigenvalue weighted by Crippen LogP contribution is 2.35. The lowest BCUT2D eigenvalue weighted by Crippen LogP contribution is -2.31. The minimum absolute atomic E-state index is 0.171. The van der Waals surface area contributed by atoms with Crippen molar-refractivity contribution in [3.63, 3.8) is 0 Å². The molecule has 94 valence electrons. The SMILES string of the molecule is NC1CCC(Oc2cc(Cl)c(Cl)cc2Cl)CC1. The van der Waals surface area contributed by atoms with Gasteiger partial charge in [0.25, 0.3) is 0 Å². The molecule has 1 aliphatic carbocycles. The minimum atomic E-state index is 0.171. The number of hydrogen-bond acceptors (Lipinski definition) is 2. The summed E-state index contributed by atoms with van der Waals surface area (Å²) in [6.07, 6.45) is 4.06. The van der Waals surface area contributed by atoms with Crippen molar-refractivity contribution >= 4 is 34.8 Å². The summed E-state index contributed by atoms with van der Waals surface area (Å²) in [7, 11) is 0. The molecule has 2 nitrogen and oxygen atoms in total. The first kappa shape index (κ1) is 13.3. The number of hydrogen-bond donors (Lipinski definition) is 1. The molecule has 0 spiro atoms. The summed E-state index contributed by atoms with van der Waals surface area (Å²) in [5.41, 5.74) is 5.84. The van der Waals surface area contributed by atoms with Crippen LogP contribution in [0.4, 0.5) is 0 Å². The molecule has 1 saturated carbocycles. The highest BCUT2D eigenvalue weighted by atomic mass is 35.5. The smallest absolute Gasteiger partial charge is 0.139 e. The van der Waals surface area contributed by atoms with E-state index in [0.717, 1.165) is 25.7 Å². The second-order valence-corrected chi connectivity index (χ2v) is 5.57. The fourth-order valence-corrected chi connectivity index (χ4v) is 2.56. The van der Waals surface area contributed by atoms with E-state index >= 15 is 0 Å². The summed E-state index contributed by atoms with van der Waals surface area (Å²) in [5.74, 6) is 0.599. The van der Waals surface area contributed by atoms with Crippen LogP contribution in [0.3, 0.4) is 0 Å². The third-order valence-electron chi connectivity index (χ3n) is 2.99. The molecule has 0 aliphatic heterocycles. The van der Waals surface area contributed by atoms with Gasteiger partial charge in [-0.15, -0.1) is 0 Å². The molecule has 0 atom stereocenters. The summed E-state index contributed by atoms with van der Waals surface area (Å²) < 4.78 is 5.84. The van der Waals surface area contributed by atoms with Crippen molar-refractivity contribution in [1.29, 1.82) is 0 Å². The number of benzene rings is 1. The van der Waals surface area contributed by atoms with Gasteiger partial charge >= 0.3 is 0 Å². The molecule has 0 bridgehead atoms. The van der Waals surface area contributed by atoms with E-state index in [2.05, 4.69) is 0 Å². The molecule has 2 N–H and O–H groups in total. The van der Waals surface area contributed by atoms with Crippen LogP contribution in [-0.2, 0) is 0 Å². The third-order valence-corrected chi connectivity index (χ3v) is 4.00. The van der Waals surface area contributed by atoms with Gasteiger partial charge in [-0.3, -0.25) is 0 Å². The number of halogens is 3. The number of ether oxygens (including phenoxy) is 1. The van der Waals surface area contributed by atoms with Crippen molar-refractivity contribution < 1.29 is 4.74 Å². The van der Waals surface area contributed by atoms with Crippen LogP contribution in [0.25, 0.3) is 0 Å². The van der Waals surface area contributed by atoms with E-state index < -0.39 is 0 Å². The van der Waals surface area contributed by atoms with Gasteiger partial charge in [-0.25, -0.2) is 0 Å². The normalized spacial score (nSPS) is 24.7. The molecule has 0 aromatic heterocycles. The largest absolute Gasteiger partial charge is 0.489 e. The first-order chi connectivity index (χ1) is 8.06. The average Bonchev–Trinajstić information content (AvgIpc) is 2.29. The summed E-state index contributed by atoms with van der Waals surface area (Å²) in [6, 6.07) is 3.58. The Morgan fingerprint density at radius 1 is 0.941 bits per heavy atom. The molecule has 2 rings (SSSR count). The topological polar surface area (TPSA) is 35.2 Å². The number of rotatable bonds is 2. The Morgan fingerprint density at radius 3 is 2.18 bits per heavy atom. The van der Waals surface area contributed by atoms with E-state index in [1.165, 1.54) is 0 Å². The Morgan fingerprint density at radius 2 is 1.53 bits per heavy atom. The molecule has 0 saturated heterocycles. The van der Waals surface area contributed by atoms with E-state index in [1.807, 2.05) is 0 Å². The van der Waals surface area contributed by atoms with E-state index in [0.29, 0.717) is 26.9 Å². The monoisotopic (exact) mass is 293 g/mol. The zero-order valence-corrected chi connectivity index (χ0v) is 11.5. The van der Waals surface area contributed by atoms with Crippen molar-refractivity contribution in [1.82, 2.24) is 0 Å². The standard InChI is InChI=1S/C12H14Cl3NO/c13-9-5-11(15)12(6-10(9)14)17-8-3-1-7(16)2-4-8/h5-8H,1-4,16H2. The van der Waals surface area contributed by atoms with Crippen molar-refractivity contribution in [2.24, 2.45) is 5.73 Å². The molecule has 17 heavy (non-hydrogen) atoms. The van der Waals surface area contributed by atoms with Crippen molar-refractivity contribution in [3.8, 4) is 5.75 Å². The number of nitrogens with two attached hydrogens (primary N) is 1. The average molecular weight is 295 g/mol. The maximum Gasteiger partial charge on any atom is 0.139 e. The maximum absolute atomic E-state index is 6.06. The van der Waals surface area contributed by atoms with Gasteiger partial charge in [0.2, 0.25) is 0 Å². The summed E-state index contributed by atoms with van der Waals surface area (Å²) in [4.78, 5) is 0. The van der Waals surface area contributed by atoms with Crippen LogP contribution >= 0.6 is 34.8 Å². The van der Waals surface area contributed by atoms with Crippen LogP contribution in [-0.4, -0.2) is 12.1 Å². The fourth-order valence-electron chi connectivity index (χ4n) is 1.98. The highest BCUT2D eigenvalue weighted by molar-refractivity contribution is 6.43. The van der Waals surface area contributed by atoms with E-state index in [9.17, 15) is 0 Å². The van der Waals surface area contributed by atoms with Crippen LogP contribution < -0.4 is 10.5 Å². The van der Waals surface area contributed by atoms with Gasteiger partial charge in [0.05, 0.1) is 21.2 Å². The van der Waals surface area contributed by atoms with Gasteiger partial charge in [0.1, 0.15) is 5.75 Å². The minimum Gasteiger partial charge on any atom is -0.489 e. The van der Waals surface area contributed by atoms with Gasteiger partial charge in [-0.1, -0.05) is 34.8 Å². The van der Waals surface area contributed by atoms with E-state index in [-0.39, 0.29) is 6.10 Å². The quantitative estimate of drug-likeness (QED) is 0.826. The predicted octanol–water partition coefficient (Wildman–Crippen LogP) is 4.30. The molecule has 0 amide bonds. The van der Waals surface area contributed by atoms with Gasteiger partial charge < -0.3 is 10.5 Å². The molecule has 1 aromatic carbocycles. The Bertz CT molecular complexity index is 403. The van der Waals surface area contributed by atoms with Crippen LogP contribution in [0.1, 0.15) is 25.7 Å². The lowest BCUT2D eigenvalue weighted by Gasteiger charge is -2.27. The molecule has 0 radical (unpaired) electrons. The van der Waals surface area contributed by atoms with Crippen LogP contribution in [0, 0.1) is 0 Å². The molecule has 0 heterocycles. The predicted molar refractivity (Wildman–Crippen MR) is 72.3 cm³/mol. The van der Waals surface area contributed by atoms with Crippen molar-refractivity contribution in [2.45, 2.75) is 37.8 Å². The summed E-state index contributed by atoms with van der Waals surface area (Å²) >= 11 is 17.9. The Hall–Kier alpha value is -0.150. The van der Waals surface area contributed by atoms with Gasteiger partial charge in [-0.05, 0) is 31.7 Å². The molecule has 1 fully saturated rings. The zero-order valence-electron chi connectivity index (χ0n) is 9.26. The first-order valence-corrected chi connectivity index (χ1v) is 6.76. The van der Waals surface area contributed by atoms with Crippen LogP contribution in [0.15, 0.2) is 12.1 Å². The lowest BCUT2D eigenvalue weighted by atomic mass is 9.94. The van der Waals surface area contributed by atoms with Gasteiger partial charge in [0, 0.05) is 12.1 Å². The van der Waals surface area contributed by atoms with Crippen LogP contribution in [0.5, 0.6) is 5.75 Å². The Kier molecular flexibility index (Phi) is 4.42. The molecule has 1 aromatic rings. The Labute approximate surface area is 116 Å². The lowest BCUT2D eigenvalue weighted by molar-refractivity contribution is 0.147. The molecular formula is C12H14Cl3NO. The van der Waals surface area contributed by atoms with E-state index in [4.69, 9.17) is 45.3 Å². The molecule has 0 unspecified atom stereocenters. The van der Waals surface area contributed by atoms with Gasteiger partial charge in [-0.2, -0.15) is 0 Å². The summed E-state index contributed by atoms with van der Waals surface area (Å²) in [6.45, 7) is 0. The second kappa shape index (κ2) is 5.66. The summed E-state index contributed by atoms with van der Waals surface area (Å²) in [5, 5.41) is 1.39. The highest BCUT2D eigenvalue weighted by Gasteiger charge is 2.21. The third kappa shape index (κ3) is 3.41.